The van der Waals surface area contributed by atoms with E-state index in [4.69, 9.17) is 14.2 Å². The molecular formula is C58H102O6. The minimum atomic E-state index is -0.798. The first-order valence-corrected chi connectivity index (χ1v) is 27.3. The van der Waals surface area contributed by atoms with Gasteiger partial charge >= 0.3 is 17.9 Å². The first-order chi connectivity index (χ1) is 31.5. The predicted octanol–water partition coefficient (Wildman–Crippen LogP) is 18.0. The van der Waals surface area contributed by atoms with E-state index in [2.05, 4.69) is 81.5 Å². The van der Waals surface area contributed by atoms with Crippen LogP contribution >= 0.6 is 0 Å². The van der Waals surface area contributed by atoms with Gasteiger partial charge in [-0.25, -0.2) is 0 Å². The van der Waals surface area contributed by atoms with Crippen LogP contribution in [0.3, 0.4) is 0 Å². The number of esters is 3. The summed E-state index contributed by atoms with van der Waals surface area (Å²) in [6.07, 6.45) is 64.9. The van der Waals surface area contributed by atoms with Crippen molar-refractivity contribution in [3.05, 3.63) is 60.8 Å². The van der Waals surface area contributed by atoms with E-state index in [-0.39, 0.29) is 37.5 Å². The lowest BCUT2D eigenvalue weighted by atomic mass is 10.1. The molecule has 0 saturated carbocycles. The minimum absolute atomic E-state index is 0.0938. The summed E-state index contributed by atoms with van der Waals surface area (Å²) in [6, 6.07) is 0. The van der Waals surface area contributed by atoms with Gasteiger partial charge in [0, 0.05) is 19.3 Å². The van der Waals surface area contributed by atoms with Crippen molar-refractivity contribution in [2.75, 3.05) is 13.2 Å². The van der Waals surface area contributed by atoms with Gasteiger partial charge in [0.05, 0.1) is 0 Å². The summed E-state index contributed by atoms with van der Waals surface area (Å²) in [5.41, 5.74) is 0. The van der Waals surface area contributed by atoms with Gasteiger partial charge in [0.1, 0.15) is 13.2 Å². The molecule has 0 amide bonds. The van der Waals surface area contributed by atoms with E-state index in [0.717, 1.165) is 70.6 Å². The third-order valence-corrected chi connectivity index (χ3v) is 11.7. The molecule has 0 fully saturated rings. The Balaban J connectivity index is 4.44. The van der Waals surface area contributed by atoms with E-state index < -0.39 is 6.10 Å². The van der Waals surface area contributed by atoms with Crippen LogP contribution in [0.5, 0.6) is 0 Å². The molecule has 1 atom stereocenters. The zero-order chi connectivity index (χ0) is 46.5. The van der Waals surface area contributed by atoms with Gasteiger partial charge in [-0.05, 0) is 109 Å². The molecule has 0 aliphatic heterocycles. The maximum atomic E-state index is 12.8. The number of carbonyl (C=O) groups excluding carboxylic acids is 3. The van der Waals surface area contributed by atoms with Crippen molar-refractivity contribution in [3.63, 3.8) is 0 Å². The second-order valence-electron chi connectivity index (χ2n) is 18.1. The molecule has 0 aliphatic rings. The SMILES string of the molecule is CCCCC/C=C\C/C=C\C/C=C\CCCCC(=O)O[C@H](COC(=O)CCCCCCC/C=C\CCCCCCC)COC(=O)CCCCCCCCC/C=C\CCCCCCCC. The van der Waals surface area contributed by atoms with Gasteiger partial charge < -0.3 is 14.2 Å². The summed E-state index contributed by atoms with van der Waals surface area (Å²) in [7, 11) is 0. The topological polar surface area (TPSA) is 78.9 Å². The van der Waals surface area contributed by atoms with Gasteiger partial charge in [0.15, 0.2) is 6.10 Å². The highest BCUT2D eigenvalue weighted by atomic mass is 16.6. The van der Waals surface area contributed by atoms with Crippen LogP contribution in [0.4, 0.5) is 0 Å². The van der Waals surface area contributed by atoms with Crippen LogP contribution in [0.15, 0.2) is 60.8 Å². The van der Waals surface area contributed by atoms with E-state index in [9.17, 15) is 14.4 Å². The molecule has 0 unspecified atom stereocenters. The van der Waals surface area contributed by atoms with E-state index >= 15 is 0 Å². The molecule has 64 heavy (non-hydrogen) atoms. The highest BCUT2D eigenvalue weighted by molar-refractivity contribution is 5.71. The Kier molecular flexibility index (Phi) is 50.4. The molecule has 0 N–H and O–H groups in total. The molecule has 0 rings (SSSR count). The highest BCUT2D eigenvalue weighted by Crippen LogP contribution is 2.14. The van der Waals surface area contributed by atoms with Gasteiger partial charge in [-0.15, -0.1) is 0 Å². The van der Waals surface area contributed by atoms with Crippen molar-refractivity contribution in [1.29, 1.82) is 0 Å². The molecule has 0 saturated heterocycles. The number of hydrogen-bond donors (Lipinski definition) is 0. The quantitative estimate of drug-likeness (QED) is 0.0262. The van der Waals surface area contributed by atoms with Gasteiger partial charge in [0.2, 0.25) is 0 Å². The van der Waals surface area contributed by atoms with E-state index in [1.807, 2.05) is 0 Å². The lowest BCUT2D eigenvalue weighted by molar-refractivity contribution is -0.167. The summed E-state index contributed by atoms with van der Waals surface area (Å²) >= 11 is 0. The van der Waals surface area contributed by atoms with Gasteiger partial charge in [-0.3, -0.25) is 14.4 Å². The van der Waals surface area contributed by atoms with Crippen molar-refractivity contribution in [1.82, 2.24) is 0 Å². The van der Waals surface area contributed by atoms with Gasteiger partial charge in [0.25, 0.3) is 0 Å². The summed E-state index contributed by atoms with van der Waals surface area (Å²) in [4.78, 5) is 38.0. The fraction of sp³-hybridized carbons (Fsp3) is 0.776. The van der Waals surface area contributed by atoms with Crippen molar-refractivity contribution in [2.24, 2.45) is 0 Å². The number of unbranched alkanes of at least 4 members (excludes halogenated alkanes) is 28. The fourth-order valence-electron chi connectivity index (χ4n) is 7.56. The molecule has 0 aromatic heterocycles. The molecule has 0 aromatic carbocycles. The predicted molar refractivity (Wildman–Crippen MR) is 275 cm³/mol. The number of hydrogen-bond acceptors (Lipinski definition) is 6. The molecule has 0 radical (unpaired) electrons. The largest absolute Gasteiger partial charge is 0.462 e. The van der Waals surface area contributed by atoms with Crippen LogP contribution in [-0.2, 0) is 28.6 Å². The van der Waals surface area contributed by atoms with E-state index in [1.165, 1.54) is 154 Å². The molecule has 0 heterocycles. The zero-order valence-electron chi connectivity index (χ0n) is 42.3. The van der Waals surface area contributed by atoms with Crippen LogP contribution in [0.2, 0.25) is 0 Å². The standard InChI is InChI=1S/C58H102O6/c1-4-7-10-13-16-19-22-25-28-29-31-33-36-39-42-45-48-51-57(60)63-54-55(53-62-56(59)50-47-44-41-38-35-32-27-24-21-18-15-12-9-6-3)64-58(61)52-49-46-43-40-37-34-30-26-23-20-17-14-11-8-5-2/h17,20,24-28,30,37,40,55H,4-16,18-19,21-23,29,31-36,38-39,41-54H2,1-3H3/b20-17-,27-24-,28-25-,30-26-,40-37-/t55-/m1/s1. The maximum absolute atomic E-state index is 12.8. The summed E-state index contributed by atoms with van der Waals surface area (Å²) in [5.74, 6) is -0.939. The first-order valence-electron chi connectivity index (χ1n) is 27.3. The van der Waals surface area contributed by atoms with E-state index in [0.29, 0.717) is 19.3 Å². The Morgan fingerprint density at radius 2 is 0.562 bits per heavy atom. The van der Waals surface area contributed by atoms with Crippen LogP contribution < -0.4 is 0 Å². The lowest BCUT2D eigenvalue weighted by Crippen LogP contribution is -2.30. The third kappa shape index (κ3) is 50.1. The van der Waals surface area contributed by atoms with Crippen molar-refractivity contribution in [3.8, 4) is 0 Å². The third-order valence-electron chi connectivity index (χ3n) is 11.7. The number of ether oxygens (including phenoxy) is 3. The summed E-state index contributed by atoms with van der Waals surface area (Å²) in [6.45, 7) is 6.57. The molecule has 0 bridgehead atoms. The van der Waals surface area contributed by atoms with Crippen LogP contribution in [0, 0.1) is 0 Å². The molecular weight excluding hydrogens is 793 g/mol. The molecule has 0 spiro atoms. The molecule has 0 aliphatic carbocycles. The average Bonchev–Trinajstić information content (AvgIpc) is 3.29. The molecule has 0 aromatic rings. The van der Waals surface area contributed by atoms with Crippen molar-refractivity contribution >= 4 is 17.9 Å². The second kappa shape index (κ2) is 52.7. The summed E-state index contributed by atoms with van der Waals surface area (Å²) in [5, 5.41) is 0. The van der Waals surface area contributed by atoms with Crippen LogP contribution in [0.1, 0.15) is 271 Å². The Bertz CT molecular complexity index is 1170. The smallest absolute Gasteiger partial charge is 0.306 e. The van der Waals surface area contributed by atoms with Gasteiger partial charge in [-0.1, -0.05) is 204 Å². The minimum Gasteiger partial charge on any atom is -0.462 e. The Morgan fingerprint density at radius 3 is 0.953 bits per heavy atom. The molecule has 6 heteroatoms. The lowest BCUT2D eigenvalue weighted by Gasteiger charge is -2.18. The number of carbonyl (C=O) groups is 3. The summed E-state index contributed by atoms with van der Waals surface area (Å²) < 4.78 is 16.8. The van der Waals surface area contributed by atoms with Gasteiger partial charge in [-0.2, -0.15) is 0 Å². The van der Waals surface area contributed by atoms with Crippen molar-refractivity contribution < 1.29 is 28.6 Å². The Labute approximate surface area is 396 Å². The molecule has 6 nitrogen and oxygen atoms in total. The number of rotatable bonds is 49. The van der Waals surface area contributed by atoms with Crippen LogP contribution in [-0.4, -0.2) is 37.2 Å². The molecule has 370 valence electrons. The monoisotopic (exact) mass is 895 g/mol. The number of allylic oxidation sites excluding steroid dienone is 10. The first kappa shape index (κ1) is 61.1. The Morgan fingerprint density at radius 1 is 0.312 bits per heavy atom. The Hall–Kier alpha value is -2.89. The average molecular weight is 895 g/mol. The second-order valence-corrected chi connectivity index (χ2v) is 18.1. The van der Waals surface area contributed by atoms with Crippen molar-refractivity contribution in [2.45, 2.75) is 277 Å². The van der Waals surface area contributed by atoms with E-state index in [1.54, 1.807) is 0 Å². The highest BCUT2D eigenvalue weighted by Gasteiger charge is 2.19. The maximum Gasteiger partial charge on any atom is 0.306 e. The van der Waals surface area contributed by atoms with Crippen LogP contribution in [0.25, 0.3) is 0 Å². The normalized spacial score (nSPS) is 12.5. The zero-order valence-corrected chi connectivity index (χ0v) is 42.3. The fourth-order valence-corrected chi connectivity index (χ4v) is 7.56.